The lowest BCUT2D eigenvalue weighted by Gasteiger charge is -2.38. The summed E-state index contributed by atoms with van der Waals surface area (Å²) in [6.07, 6.45) is 13.9. The fourth-order valence-electron chi connectivity index (χ4n) is 5.54. The highest BCUT2D eigenvalue weighted by Gasteiger charge is 2.32. The van der Waals surface area contributed by atoms with Crippen LogP contribution in [0.2, 0.25) is 0 Å². The Balaban J connectivity index is 1.31. The second-order valence-electron chi connectivity index (χ2n) is 8.69. The standard InChI is InChI=1S/C22H31N3O2S/c26-13-10-15-4-9-18-19(15)20-21(23-14-24-22(20)28-18)27-17-7-5-16(6-8-17)25-11-2-1-3-12-25/h14-17,26H,1-13H2/t15-,16?,17?/m1/s1. The van der Waals surface area contributed by atoms with Crippen LogP contribution in [0.1, 0.15) is 74.1 Å². The first-order chi connectivity index (χ1) is 13.8. The number of aliphatic hydroxyl groups is 1. The zero-order chi connectivity index (χ0) is 18.9. The molecule has 1 N–H and O–H groups in total. The number of piperidine rings is 1. The summed E-state index contributed by atoms with van der Waals surface area (Å²) in [4.78, 5) is 14.3. The quantitative estimate of drug-likeness (QED) is 0.810. The van der Waals surface area contributed by atoms with Crippen LogP contribution in [0.3, 0.4) is 0 Å². The molecule has 1 aliphatic heterocycles. The van der Waals surface area contributed by atoms with E-state index in [9.17, 15) is 5.11 Å². The van der Waals surface area contributed by atoms with Crippen molar-refractivity contribution < 1.29 is 9.84 Å². The SMILES string of the molecule is OCC[C@H]1CCc2sc3ncnc(OC4CCC(N5CCCCC5)CC4)c3c21. The Kier molecular flexibility index (Phi) is 5.53. The molecule has 0 amide bonds. The van der Waals surface area contributed by atoms with Gasteiger partial charge in [-0.1, -0.05) is 6.42 Å². The molecule has 0 spiro atoms. The van der Waals surface area contributed by atoms with E-state index in [4.69, 9.17) is 4.74 Å². The maximum Gasteiger partial charge on any atom is 0.225 e. The molecule has 0 unspecified atom stereocenters. The average Bonchev–Trinajstić information content (AvgIpc) is 3.30. The summed E-state index contributed by atoms with van der Waals surface area (Å²) in [5, 5.41) is 10.6. The molecule has 0 bridgehead atoms. The van der Waals surface area contributed by atoms with Gasteiger partial charge in [0, 0.05) is 17.5 Å². The van der Waals surface area contributed by atoms with Gasteiger partial charge in [-0.2, -0.15) is 0 Å². The lowest BCUT2D eigenvalue weighted by molar-refractivity contribution is 0.0756. The van der Waals surface area contributed by atoms with Gasteiger partial charge < -0.3 is 14.7 Å². The summed E-state index contributed by atoms with van der Waals surface area (Å²) in [5.74, 6) is 1.21. The van der Waals surface area contributed by atoms with Crippen LogP contribution in [0.4, 0.5) is 0 Å². The minimum atomic E-state index is 0.242. The molecule has 2 aliphatic carbocycles. The molecule has 0 aromatic carbocycles. The van der Waals surface area contributed by atoms with Crippen LogP contribution in [-0.2, 0) is 6.42 Å². The Morgan fingerprint density at radius 2 is 1.89 bits per heavy atom. The Bertz CT molecular complexity index is 809. The van der Waals surface area contributed by atoms with E-state index in [1.165, 1.54) is 55.6 Å². The maximum absolute atomic E-state index is 9.46. The van der Waals surface area contributed by atoms with Crippen LogP contribution in [0, 0.1) is 0 Å². The number of ether oxygens (including phenoxy) is 1. The van der Waals surface area contributed by atoms with Gasteiger partial charge in [0.1, 0.15) is 17.3 Å². The molecule has 5 nitrogen and oxygen atoms in total. The van der Waals surface area contributed by atoms with E-state index >= 15 is 0 Å². The van der Waals surface area contributed by atoms with E-state index in [1.807, 2.05) is 0 Å². The summed E-state index contributed by atoms with van der Waals surface area (Å²) >= 11 is 1.79. The molecule has 1 atom stereocenters. The predicted octanol–water partition coefficient (Wildman–Crippen LogP) is 4.28. The summed E-state index contributed by atoms with van der Waals surface area (Å²) in [6, 6.07) is 0.755. The number of likely N-dealkylation sites (tertiary alicyclic amines) is 1. The average molecular weight is 402 g/mol. The molecule has 6 heteroatoms. The maximum atomic E-state index is 9.46. The second kappa shape index (κ2) is 8.25. The lowest BCUT2D eigenvalue weighted by Crippen LogP contribution is -2.42. The highest BCUT2D eigenvalue weighted by atomic mass is 32.1. The van der Waals surface area contributed by atoms with E-state index in [-0.39, 0.29) is 12.7 Å². The van der Waals surface area contributed by atoms with Gasteiger partial charge in [0.15, 0.2) is 0 Å². The molecule has 3 heterocycles. The summed E-state index contributed by atoms with van der Waals surface area (Å²) in [6.45, 7) is 2.82. The van der Waals surface area contributed by atoms with Gasteiger partial charge in [-0.3, -0.25) is 0 Å². The molecule has 3 aliphatic rings. The van der Waals surface area contributed by atoms with Crippen LogP contribution < -0.4 is 4.74 Å². The number of nitrogens with zero attached hydrogens (tertiary/aromatic N) is 3. The van der Waals surface area contributed by atoms with E-state index in [2.05, 4.69) is 14.9 Å². The van der Waals surface area contributed by atoms with Crippen molar-refractivity contribution in [3.05, 3.63) is 16.8 Å². The number of hydrogen-bond donors (Lipinski definition) is 1. The van der Waals surface area contributed by atoms with Crippen LogP contribution in [-0.4, -0.2) is 51.8 Å². The van der Waals surface area contributed by atoms with Crippen LogP contribution in [0.15, 0.2) is 6.33 Å². The number of fused-ring (bicyclic) bond motifs is 3. The Morgan fingerprint density at radius 3 is 2.68 bits per heavy atom. The highest BCUT2D eigenvalue weighted by molar-refractivity contribution is 7.19. The van der Waals surface area contributed by atoms with Crippen molar-refractivity contribution in [3.8, 4) is 5.88 Å². The fraction of sp³-hybridized carbons (Fsp3) is 0.727. The van der Waals surface area contributed by atoms with Crippen molar-refractivity contribution in [2.75, 3.05) is 19.7 Å². The molecule has 2 fully saturated rings. The van der Waals surface area contributed by atoms with E-state index in [0.29, 0.717) is 5.92 Å². The monoisotopic (exact) mass is 401 g/mol. The first kappa shape index (κ1) is 18.8. The van der Waals surface area contributed by atoms with Crippen LogP contribution in [0.25, 0.3) is 10.2 Å². The minimum Gasteiger partial charge on any atom is -0.474 e. The van der Waals surface area contributed by atoms with Gasteiger partial charge >= 0.3 is 0 Å². The largest absolute Gasteiger partial charge is 0.474 e. The first-order valence-corrected chi connectivity index (χ1v) is 11.9. The lowest BCUT2D eigenvalue weighted by atomic mass is 9.90. The van der Waals surface area contributed by atoms with Gasteiger partial charge in [0.25, 0.3) is 0 Å². The number of aromatic nitrogens is 2. The van der Waals surface area contributed by atoms with E-state index < -0.39 is 0 Å². The van der Waals surface area contributed by atoms with Gasteiger partial charge in [0.2, 0.25) is 5.88 Å². The van der Waals surface area contributed by atoms with E-state index in [1.54, 1.807) is 17.7 Å². The summed E-state index contributed by atoms with van der Waals surface area (Å²) < 4.78 is 6.49. The molecule has 2 aromatic rings. The predicted molar refractivity (Wildman–Crippen MR) is 112 cm³/mol. The van der Waals surface area contributed by atoms with Crippen molar-refractivity contribution >= 4 is 21.6 Å². The number of hydrogen-bond acceptors (Lipinski definition) is 6. The Hall–Kier alpha value is -1.24. The molecular formula is C22H31N3O2S. The molecule has 2 aromatic heterocycles. The number of rotatable bonds is 5. The minimum absolute atomic E-state index is 0.242. The van der Waals surface area contributed by atoms with Gasteiger partial charge in [-0.25, -0.2) is 9.97 Å². The Morgan fingerprint density at radius 1 is 1.07 bits per heavy atom. The van der Waals surface area contributed by atoms with Crippen molar-refractivity contribution in [2.24, 2.45) is 0 Å². The van der Waals surface area contributed by atoms with E-state index in [0.717, 1.165) is 54.2 Å². The molecule has 0 radical (unpaired) electrons. The molecular weight excluding hydrogens is 370 g/mol. The molecule has 152 valence electrons. The van der Waals surface area contributed by atoms with Gasteiger partial charge in [0.05, 0.1) is 5.39 Å². The van der Waals surface area contributed by atoms with Crippen molar-refractivity contribution in [1.29, 1.82) is 0 Å². The molecule has 5 rings (SSSR count). The van der Waals surface area contributed by atoms with Crippen LogP contribution in [0.5, 0.6) is 5.88 Å². The van der Waals surface area contributed by atoms with Gasteiger partial charge in [-0.05, 0) is 82.4 Å². The first-order valence-electron chi connectivity index (χ1n) is 11.1. The van der Waals surface area contributed by atoms with Crippen molar-refractivity contribution in [2.45, 2.75) is 82.3 Å². The zero-order valence-electron chi connectivity index (χ0n) is 16.6. The number of thiophene rings is 1. The zero-order valence-corrected chi connectivity index (χ0v) is 17.4. The Labute approximate surface area is 171 Å². The molecule has 28 heavy (non-hydrogen) atoms. The van der Waals surface area contributed by atoms with Gasteiger partial charge in [-0.15, -0.1) is 11.3 Å². The third kappa shape index (κ3) is 3.55. The fourth-order valence-corrected chi connectivity index (χ4v) is 6.78. The molecule has 1 saturated heterocycles. The third-order valence-corrected chi connectivity index (χ3v) is 8.18. The van der Waals surface area contributed by atoms with Crippen molar-refractivity contribution in [3.63, 3.8) is 0 Å². The topological polar surface area (TPSA) is 58.5 Å². The number of aryl methyl sites for hydroxylation is 1. The third-order valence-electron chi connectivity index (χ3n) is 7.00. The normalized spacial score (nSPS) is 28.5. The second-order valence-corrected chi connectivity index (χ2v) is 9.77. The smallest absolute Gasteiger partial charge is 0.225 e. The van der Waals surface area contributed by atoms with Crippen LogP contribution >= 0.6 is 11.3 Å². The molecule has 1 saturated carbocycles. The summed E-state index contributed by atoms with van der Waals surface area (Å²) in [7, 11) is 0. The van der Waals surface area contributed by atoms with Crippen molar-refractivity contribution in [1.82, 2.24) is 14.9 Å². The number of aliphatic hydroxyl groups excluding tert-OH is 1. The highest BCUT2D eigenvalue weighted by Crippen LogP contribution is 2.47. The summed E-state index contributed by atoms with van der Waals surface area (Å²) in [5.41, 5.74) is 1.37.